The van der Waals surface area contributed by atoms with Gasteiger partial charge in [0.1, 0.15) is 17.3 Å². The SMILES string of the molecule is CCCC(C)(NC(=O)c1c[nH]c(-c2cc(Oc3ccc(NC(=O)Nc4cc(C)ccc4F)cc3)ccn2)c1)C(C)(O)O. The predicted molar refractivity (Wildman–Crippen MR) is 158 cm³/mol. The third-order valence-electron chi connectivity index (χ3n) is 6.86. The molecule has 0 radical (unpaired) electrons. The van der Waals surface area contributed by atoms with Gasteiger partial charge in [0.2, 0.25) is 0 Å². The van der Waals surface area contributed by atoms with E-state index in [0.29, 0.717) is 47.0 Å². The summed E-state index contributed by atoms with van der Waals surface area (Å²) in [4.78, 5) is 32.6. The number of urea groups is 1. The summed E-state index contributed by atoms with van der Waals surface area (Å²) >= 11 is 0. The summed E-state index contributed by atoms with van der Waals surface area (Å²) in [5, 5.41) is 28.3. The first-order valence-electron chi connectivity index (χ1n) is 13.4. The number of anilines is 2. The number of nitrogens with one attached hydrogen (secondary N) is 4. The molecule has 2 heterocycles. The van der Waals surface area contributed by atoms with Crippen LogP contribution in [-0.4, -0.2) is 43.4 Å². The molecule has 1 atom stereocenters. The van der Waals surface area contributed by atoms with Crippen LogP contribution in [0.1, 0.15) is 49.5 Å². The van der Waals surface area contributed by atoms with Crippen molar-refractivity contribution in [2.75, 3.05) is 10.6 Å². The standard InChI is InChI=1S/C31H34FN5O5/c1-5-13-30(3,31(4,40)41)37-28(38)20-16-26(34-18-20)27-17-23(12-14-33-27)42-22-9-7-21(8-10-22)35-29(39)36-25-15-19(2)6-11-24(25)32/h6-12,14-18,34,40-41H,5,13H2,1-4H3,(H,37,38)(H2,35,36,39). The maximum absolute atomic E-state index is 13.9. The van der Waals surface area contributed by atoms with E-state index in [1.165, 1.54) is 19.2 Å². The molecule has 1 unspecified atom stereocenters. The maximum Gasteiger partial charge on any atom is 0.323 e. The summed E-state index contributed by atoms with van der Waals surface area (Å²) in [6.07, 6.45) is 4.11. The minimum atomic E-state index is -2.10. The van der Waals surface area contributed by atoms with E-state index in [2.05, 4.69) is 25.9 Å². The van der Waals surface area contributed by atoms with Crippen molar-refractivity contribution in [2.45, 2.75) is 51.9 Å². The summed E-state index contributed by atoms with van der Waals surface area (Å²) in [7, 11) is 0. The van der Waals surface area contributed by atoms with E-state index in [1.807, 2.05) is 6.92 Å². The maximum atomic E-state index is 13.9. The molecule has 2 aromatic carbocycles. The Balaban J connectivity index is 1.39. The van der Waals surface area contributed by atoms with Gasteiger partial charge >= 0.3 is 6.03 Å². The van der Waals surface area contributed by atoms with E-state index in [1.54, 1.807) is 74.6 Å². The van der Waals surface area contributed by atoms with Crippen LogP contribution in [0.15, 0.2) is 73.1 Å². The molecule has 0 aliphatic rings. The molecule has 3 amide bonds. The van der Waals surface area contributed by atoms with Gasteiger partial charge in [0.25, 0.3) is 5.91 Å². The van der Waals surface area contributed by atoms with E-state index in [4.69, 9.17) is 4.74 Å². The highest BCUT2D eigenvalue weighted by molar-refractivity contribution is 6.00. The van der Waals surface area contributed by atoms with Crippen molar-refractivity contribution >= 4 is 23.3 Å². The Morgan fingerprint density at radius 1 is 1.00 bits per heavy atom. The number of hydrogen-bond donors (Lipinski definition) is 6. The van der Waals surface area contributed by atoms with Gasteiger partial charge in [-0.05, 0) is 81.3 Å². The number of carbonyl (C=O) groups excluding carboxylic acids is 2. The Bertz CT molecular complexity index is 1560. The van der Waals surface area contributed by atoms with E-state index in [0.717, 1.165) is 5.56 Å². The molecule has 220 valence electrons. The number of halogens is 1. The van der Waals surface area contributed by atoms with E-state index >= 15 is 0 Å². The highest BCUT2D eigenvalue weighted by Gasteiger charge is 2.42. The highest BCUT2D eigenvalue weighted by Crippen LogP contribution is 2.28. The van der Waals surface area contributed by atoms with Crippen LogP contribution in [0.25, 0.3) is 11.4 Å². The molecule has 10 nitrogen and oxygen atoms in total. The number of nitrogens with zero attached hydrogens (tertiary/aromatic N) is 1. The fourth-order valence-electron chi connectivity index (χ4n) is 4.30. The predicted octanol–water partition coefficient (Wildman–Crippen LogP) is 5.95. The number of ether oxygens (including phenoxy) is 1. The summed E-state index contributed by atoms with van der Waals surface area (Å²) in [6, 6.07) is 15.5. The Labute approximate surface area is 243 Å². The van der Waals surface area contributed by atoms with E-state index < -0.39 is 29.1 Å². The largest absolute Gasteiger partial charge is 0.457 e. The molecule has 2 aromatic heterocycles. The minimum absolute atomic E-state index is 0.0871. The number of rotatable bonds is 10. The molecule has 42 heavy (non-hydrogen) atoms. The molecule has 0 aliphatic carbocycles. The lowest BCUT2D eigenvalue weighted by Gasteiger charge is -2.39. The van der Waals surface area contributed by atoms with Gasteiger partial charge < -0.3 is 35.9 Å². The summed E-state index contributed by atoms with van der Waals surface area (Å²) < 4.78 is 19.9. The van der Waals surface area contributed by atoms with Crippen LogP contribution in [0.5, 0.6) is 11.5 Å². The van der Waals surface area contributed by atoms with Crippen molar-refractivity contribution in [3.63, 3.8) is 0 Å². The molecule has 6 N–H and O–H groups in total. The zero-order valence-corrected chi connectivity index (χ0v) is 23.8. The second-order valence-electron chi connectivity index (χ2n) is 10.4. The van der Waals surface area contributed by atoms with Gasteiger partial charge in [-0.1, -0.05) is 19.4 Å². The molecule has 0 saturated carbocycles. The van der Waals surface area contributed by atoms with Crippen molar-refractivity contribution in [2.24, 2.45) is 0 Å². The average Bonchev–Trinajstić information content (AvgIpc) is 3.42. The Morgan fingerprint density at radius 3 is 2.43 bits per heavy atom. The number of H-pyrrole nitrogens is 1. The Kier molecular flexibility index (Phi) is 8.93. The van der Waals surface area contributed by atoms with Crippen LogP contribution in [0.2, 0.25) is 0 Å². The zero-order chi connectivity index (χ0) is 30.5. The van der Waals surface area contributed by atoms with Gasteiger partial charge in [0.05, 0.1) is 28.2 Å². The third kappa shape index (κ3) is 7.31. The van der Waals surface area contributed by atoms with Crippen molar-refractivity contribution in [3.8, 4) is 22.9 Å². The summed E-state index contributed by atoms with van der Waals surface area (Å²) in [6.45, 7) is 6.54. The Morgan fingerprint density at radius 2 is 1.74 bits per heavy atom. The number of aromatic nitrogens is 2. The normalized spacial score (nSPS) is 12.7. The lowest BCUT2D eigenvalue weighted by molar-refractivity contribution is -0.199. The zero-order valence-electron chi connectivity index (χ0n) is 23.8. The number of amides is 3. The quantitative estimate of drug-likeness (QED) is 0.129. The molecule has 0 aliphatic heterocycles. The number of pyridine rings is 1. The van der Waals surface area contributed by atoms with Gasteiger partial charge in [-0.3, -0.25) is 9.78 Å². The topological polar surface area (TPSA) is 149 Å². The number of aryl methyl sites for hydroxylation is 1. The third-order valence-corrected chi connectivity index (χ3v) is 6.86. The number of carbonyl (C=O) groups is 2. The smallest absolute Gasteiger partial charge is 0.323 e. The van der Waals surface area contributed by atoms with Crippen LogP contribution in [-0.2, 0) is 0 Å². The Hall–Kier alpha value is -4.74. The van der Waals surface area contributed by atoms with Crippen LogP contribution in [0, 0.1) is 12.7 Å². The van der Waals surface area contributed by atoms with Crippen LogP contribution in [0.4, 0.5) is 20.6 Å². The molecule has 0 saturated heterocycles. The molecule has 11 heteroatoms. The number of aliphatic hydroxyl groups is 2. The van der Waals surface area contributed by atoms with E-state index in [-0.39, 0.29) is 5.69 Å². The average molecular weight is 576 g/mol. The summed E-state index contributed by atoms with van der Waals surface area (Å²) in [5.41, 5.74) is 1.54. The van der Waals surface area contributed by atoms with Gasteiger partial charge in [0.15, 0.2) is 5.79 Å². The lowest BCUT2D eigenvalue weighted by atomic mass is 9.87. The first-order valence-corrected chi connectivity index (χ1v) is 13.4. The van der Waals surface area contributed by atoms with Gasteiger partial charge in [-0.25, -0.2) is 9.18 Å². The molecule has 0 fully saturated rings. The van der Waals surface area contributed by atoms with Gasteiger partial charge in [-0.2, -0.15) is 0 Å². The van der Waals surface area contributed by atoms with E-state index in [9.17, 15) is 24.2 Å². The molecular weight excluding hydrogens is 541 g/mol. The minimum Gasteiger partial charge on any atom is -0.457 e. The molecular formula is C31H34FN5O5. The van der Waals surface area contributed by atoms with Crippen LogP contribution < -0.4 is 20.7 Å². The molecule has 0 bridgehead atoms. The molecule has 4 rings (SSSR count). The fraction of sp³-hybridized carbons (Fsp3) is 0.258. The number of aromatic amines is 1. The number of hydrogen-bond acceptors (Lipinski definition) is 6. The van der Waals surface area contributed by atoms with Gasteiger partial charge in [-0.15, -0.1) is 0 Å². The first-order chi connectivity index (χ1) is 19.9. The van der Waals surface area contributed by atoms with Gasteiger partial charge in [0, 0.05) is 24.1 Å². The van der Waals surface area contributed by atoms with Crippen molar-refractivity contribution in [1.82, 2.24) is 15.3 Å². The summed E-state index contributed by atoms with van der Waals surface area (Å²) in [5.74, 6) is -2.10. The molecule has 0 spiro atoms. The fourth-order valence-corrected chi connectivity index (χ4v) is 4.30. The second-order valence-corrected chi connectivity index (χ2v) is 10.4. The van der Waals surface area contributed by atoms with Crippen molar-refractivity contribution < 1.29 is 28.9 Å². The number of benzene rings is 2. The monoisotopic (exact) mass is 575 g/mol. The van der Waals surface area contributed by atoms with Crippen LogP contribution in [0.3, 0.4) is 0 Å². The second kappa shape index (κ2) is 12.4. The van der Waals surface area contributed by atoms with Crippen molar-refractivity contribution in [3.05, 3.63) is 90.0 Å². The highest BCUT2D eigenvalue weighted by atomic mass is 19.1. The van der Waals surface area contributed by atoms with Crippen LogP contribution >= 0.6 is 0 Å². The molecule has 4 aromatic rings. The first kappa shape index (κ1) is 30.2. The lowest BCUT2D eigenvalue weighted by Crippen LogP contribution is -2.61. The van der Waals surface area contributed by atoms with Crippen molar-refractivity contribution in [1.29, 1.82) is 0 Å².